The van der Waals surface area contributed by atoms with Gasteiger partial charge in [0, 0.05) is 25.2 Å². The lowest BCUT2D eigenvalue weighted by molar-refractivity contribution is -0.132. The van der Waals surface area contributed by atoms with Crippen LogP contribution in [0.1, 0.15) is 47.5 Å². The van der Waals surface area contributed by atoms with E-state index in [0.717, 1.165) is 39.0 Å². The molecule has 1 fully saturated rings. The van der Waals surface area contributed by atoms with Crippen LogP contribution in [0.3, 0.4) is 0 Å². The van der Waals surface area contributed by atoms with E-state index in [0.29, 0.717) is 12.1 Å². The Labute approximate surface area is 118 Å². The van der Waals surface area contributed by atoms with Gasteiger partial charge in [0.25, 0.3) is 0 Å². The number of likely N-dealkylation sites (tertiary alicyclic amines) is 1. The second-order valence-corrected chi connectivity index (χ2v) is 5.80. The topological polar surface area (TPSA) is 35.6 Å². The zero-order chi connectivity index (χ0) is 14.4. The van der Waals surface area contributed by atoms with Gasteiger partial charge in [0.1, 0.15) is 0 Å². The third-order valence-electron chi connectivity index (χ3n) is 4.19. The highest BCUT2D eigenvalue weighted by Gasteiger charge is 2.25. The van der Waals surface area contributed by atoms with Crippen molar-refractivity contribution in [2.24, 2.45) is 0 Å². The largest absolute Gasteiger partial charge is 0.342 e. The summed E-state index contributed by atoms with van der Waals surface area (Å²) in [6.07, 6.45) is 2.29. The molecular weight excluding hydrogens is 238 g/mol. The van der Waals surface area contributed by atoms with Crippen molar-refractivity contribution in [3.05, 3.63) is 0 Å². The van der Waals surface area contributed by atoms with E-state index >= 15 is 0 Å². The number of rotatable bonds is 6. The lowest BCUT2D eigenvalue weighted by Crippen LogP contribution is -2.52. The predicted octanol–water partition coefficient (Wildman–Crippen LogP) is 1.71. The van der Waals surface area contributed by atoms with Crippen LogP contribution in [0.25, 0.3) is 0 Å². The summed E-state index contributed by atoms with van der Waals surface area (Å²) in [7, 11) is 0. The molecule has 1 heterocycles. The minimum absolute atomic E-state index is 0.0597. The number of nitrogens with zero attached hydrogens (tertiary/aromatic N) is 2. The highest BCUT2D eigenvalue weighted by atomic mass is 16.2. The summed E-state index contributed by atoms with van der Waals surface area (Å²) in [6, 6.07) is 1.07. The van der Waals surface area contributed by atoms with Gasteiger partial charge in [0.2, 0.25) is 5.91 Å². The molecule has 0 saturated carbocycles. The van der Waals surface area contributed by atoms with Crippen molar-refractivity contribution >= 4 is 5.91 Å². The fourth-order valence-corrected chi connectivity index (χ4v) is 2.82. The first-order valence-electron chi connectivity index (χ1n) is 7.78. The molecule has 112 valence electrons. The Morgan fingerprint density at radius 2 is 1.74 bits per heavy atom. The Kier molecular flexibility index (Phi) is 6.80. The van der Waals surface area contributed by atoms with Crippen molar-refractivity contribution in [3.63, 3.8) is 0 Å². The van der Waals surface area contributed by atoms with Gasteiger partial charge in [0.15, 0.2) is 0 Å². The van der Waals surface area contributed by atoms with E-state index in [1.54, 1.807) is 0 Å². The van der Waals surface area contributed by atoms with E-state index in [9.17, 15) is 4.79 Å². The molecule has 1 N–H and O–H groups in total. The molecule has 1 saturated heterocycles. The van der Waals surface area contributed by atoms with Crippen LogP contribution in [0, 0.1) is 0 Å². The SMILES string of the molecule is CCN(CC)C(=O)C(C)NC1CCN(C(C)C)CC1. The molecule has 0 aliphatic carbocycles. The van der Waals surface area contributed by atoms with E-state index in [4.69, 9.17) is 0 Å². The molecule has 0 aromatic rings. The van der Waals surface area contributed by atoms with Crippen LogP contribution in [0.4, 0.5) is 0 Å². The molecule has 4 nitrogen and oxygen atoms in total. The highest BCUT2D eigenvalue weighted by molar-refractivity contribution is 5.81. The van der Waals surface area contributed by atoms with Crippen LogP contribution in [-0.2, 0) is 4.79 Å². The molecule has 1 unspecified atom stereocenters. The van der Waals surface area contributed by atoms with Crippen LogP contribution < -0.4 is 5.32 Å². The number of nitrogens with one attached hydrogen (secondary N) is 1. The third-order valence-corrected chi connectivity index (χ3v) is 4.19. The molecular formula is C15H31N3O. The van der Waals surface area contributed by atoms with Gasteiger partial charge in [-0.15, -0.1) is 0 Å². The Morgan fingerprint density at radius 1 is 1.21 bits per heavy atom. The van der Waals surface area contributed by atoms with E-state index in [2.05, 4.69) is 24.1 Å². The number of hydrogen-bond acceptors (Lipinski definition) is 3. The standard InChI is InChI=1S/C15H31N3O/c1-6-17(7-2)15(19)13(5)16-14-8-10-18(11-9-14)12(3)4/h12-14,16H,6-11H2,1-5H3. The average Bonchev–Trinajstić information content (AvgIpc) is 2.40. The van der Waals surface area contributed by atoms with Crippen LogP contribution in [-0.4, -0.2) is 60.0 Å². The number of hydrogen-bond donors (Lipinski definition) is 1. The van der Waals surface area contributed by atoms with Crippen molar-refractivity contribution in [2.45, 2.75) is 65.6 Å². The van der Waals surface area contributed by atoms with Gasteiger partial charge in [-0.2, -0.15) is 0 Å². The Morgan fingerprint density at radius 3 is 2.16 bits per heavy atom. The molecule has 0 aromatic heterocycles. The van der Waals surface area contributed by atoms with Crippen molar-refractivity contribution in [2.75, 3.05) is 26.2 Å². The minimum atomic E-state index is -0.0597. The summed E-state index contributed by atoms with van der Waals surface area (Å²) in [6.45, 7) is 14.4. The molecule has 0 spiro atoms. The molecule has 19 heavy (non-hydrogen) atoms. The van der Waals surface area contributed by atoms with Crippen molar-refractivity contribution < 1.29 is 4.79 Å². The lowest BCUT2D eigenvalue weighted by atomic mass is 10.0. The number of likely N-dealkylation sites (N-methyl/N-ethyl adjacent to an activating group) is 1. The number of carbonyl (C=O) groups excluding carboxylic acids is 1. The minimum Gasteiger partial charge on any atom is -0.342 e. The maximum absolute atomic E-state index is 12.2. The maximum Gasteiger partial charge on any atom is 0.239 e. The Hall–Kier alpha value is -0.610. The third kappa shape index (κ3) is 4.77. The van der Waals surface area contributed by atoms with E-state index in [1.807, 2.05) is 25.7 Å². The van der Waals surface area contributed by atoms with Crippen LogP contribution in [0.2, 0.25) is 0 Å². The van der Waals surface area contributed by atoms with E-state index in [-0.39, 0.29) is 11.9 Å². The van der Waals surface area contributed by atoms with Gasteiger partial charge in [-0.1, -0.05) is 0 Å². The fourth-order valence-electron chi connectivity index (χ4n) is 2.82. The first kappa shape index (κ1) is 16.4. The number of piperidine rings is 1. The monoisotopic (exact) mass is 269 g/mol. The fraction of sp³-hybridized carbons (Fsp3) is 0.933. The van der Waals surface area contributed by atoms with Crippen LogP contribution in [0.5, 0.6) is 0 Å². The Balaban J connectivity index is 2.38. The second kappa shape index (κ2) is 7.85. The molecule has 1 aliphatic heterocycles. The van der Waals surface area contributed by atoms with Gasteiger partial charge in [0.05, 0.1) is 6.04 Å². The molecule has 0 bridgehead atoms. The van der Waals surface area contributed by atoms with E-state index in [1.165, 1.54) is 0 Å². The summed E-state index contributed by atoms with van der Waals surface area (Å²) in [5.41, 5.74) is 0. The zero-order valence-electron chi connectivity index (χ0n) is 13.3. The van der Waals surface area contributed by atoms with Crippen LogP contribution in [0.15, 0.2) is 0 Å². The van der Waals surface area contributed by atoms with Gasteiger partial charge in [-0.25, -0.2) is 0 Å². The number of carbonyl (C=O) groups is 1. The van der Waals surface area contributed by atoms with Gasteiger partial charge in [-0.3, -0.25) is 4.79 Å². The van der Waals surface area contributed by atoms with Gasteiger partial charge in [-0.05, 0) is 60.5 Å². The summed E-state index contributed by atoms with van der Waals surface area (Å²) in [5.74, 6) is 0.233. The van der Waals surface area contributed by atoms with Gasteiger partial charge >= 0.3 is 0 Å². The normalized spacial score (nSPS) is 19.7. The molecule has 0 radical (unpaired) electrons. The molecule has 4 heteroatoms. The first-order valence-corrected chi connectivity index (χ1v) is 7.78. The first-order chi connectivity index (χ1) is 8.99. The van der Waals surface area contributed by atoms with Crippen molar-refractivity contribution in [1.82, 2.24) is 15.1 Å². The number of amides is 1. The second-order valence-electron chi connectivity index (χ2n) is 5.80. The van der Waals surface area contributed by atoms with E-state index < -0.39 is 0 Å². The molecule has 1 atom stereocenters. The predicted molar refractivity (Wildman–Crippen MR) is 80.3 cm³/mol. The maximum atomic E-state index is 12.2. The summed E-state index contributed by atoms with van der Waals surface area (Å²) < 4.78 is 0. The van der Waals surface area contributed by atoms with Crippen LogP contribution >= 0.6 is 0 Å². The molecule has 1 aliphatic rings. The summed E-state index contributed by atoms with van der Waals surface area (Å²) in [4.78, 5) is 16.6. The molecule has 0 aromatic carbocycles. The lowest BCUT2D eigenvalue weighted by Gasteiger charge is -2.36. The quantitative estimate of drug-likeness (QED) is 0.797. The highest BCUT2D eigenvalue weighted by Crippen LogP contribution is 2.13. The summed E-state index contributed by atoms with van der Waals surface area (Å²) in [5, 5.41) is 3.51. The van der Waals surface area contributed by atoms with Gasteiger partial charge < -0.3 is 15.1 Å². The van der Waals surface area contributed by atoms with Crippen molar-refractivity contribution in [1.29, 1.82) is 0 Å². The average molecular weight is 269 g/mol. The molecule has 1 rings (SSSR count). The Bertz CT molecular complexity index is 269. The summed E-state index contributed by atoms with van der Waals surface area (Å²) >= 11 is 0. The molecule has 1 amide bonds. The van der Waals surface area contributed by atoms with Crippen molar-refractivity contribution in [3.8, 4) is 0 Å². The smallest absolute Gasteiger partial charge is 0.239 e. The zero-order valence-corrected chi connectivity index (χ0v) is 13.3.